The Kier molecular flexibility index (Phi) is 7.43. The van der Waals surface area contributed by atoms with Crippen molar-refractivity contribution in [3.05, 3.63) is 59.4 Å². The summed E-state index contributed by atoms with van der Waals surface area (Å²) >= 11 is 5.92. The van der Waals surface area contributed by atoms with Crippen molar-refractivity contribution in [3.63, 3.8) is 0 Å². The van der Waals surface area contributed by atoms with Crippen LogP contribution in [0.25, 0.3) is 11.0 Å². The maximum absolute atomic E-state index is 12.7. The number of nitrogens with zero attached hydrogens (tertiary/aromatic N) is 2. The average molecular weight is 453 g/mol. The number of hydrogen-bond acceptors (Lipinski definition) is 3. The van der Waals surface area contributed by atoms with E-state index in [-0.39, 0.29) is 24.3 Å². The first kappa shape index (κ1) is 22.3. The maximum Gasteiger partial charge on any atom is 0.244 e. The van der Waals surface area contributed by atoms with Gasteiger partial charge in [0.2, 0.25) is 11.8 Å². The van der Waals surface area contributed by atoms with Crippen molar-refractivity contribution in [2.45, 2.75) is 51.5 Å². The van der Waals surface area contributed by atoms with Crippen molar-refractivity contribution in [1.29, 1.82) is 0 Å². The number of benzene rings is 2. The van der Waals surface area contributed by atoms with Crippen LogP contribution >= 0.6 is 11.6 Å². The summed E-state index contributed by atoms with van der Waals surface area (Å²) in [5, 5.41) is 6.63. The largest absolute Gasteiger partial charge is 0.356 e. The van der Waals surface area contributed by atoms with Gasteiger partial charge in [0.25, 0.3) is 0 Å². The van der Waals surface area contributed by atoms with Crippen LogP contribution in [0.1, 0.15) is 44.3 Å². The van der Waals surface area contributed by atoms with Gasteiger partial charge in [0.15, 0.2) is 0 Å². The number of imidazole rings is 1. The summed E-state index contributed by atoms with van der Waals surface area (Å²) in [5.41, 5.74) is 2.50. The molecule has 7 heteroatoms. The maximum atomic E-state index is 12.7. The minimum Gasteiger partial charge on any atom is -0.356 e. The molecule has 168 valence electrons. The van der Waals surface area contributed by atoms with E-state index < -0.39 is 0 Å². The van der Waals surface area contributed by atoms with E-state index in [0.29, 0.717) is 23.7 Å². The van der Waals surface area contributed by atoms with E-state index in [1.165, 1.54) is 6.42 Å². The van der Waals surface area contributed by atoms with E-state index in [4.69, 9.17) is 16.6 Å². The predicted octanol–water partition coefficient (Wildman–Crippen LogP) is 4.96. The first-order valence-electron chi connectivity index (χ1n) is 11.4. The standard InChI is InChI=1S/C25H29ClN4O2/c26-19-12-14-20(15-13-19)28-24(31)17-30-22-10-5-4-9-21(22)29-23(30)11-6-16-27-25(32)18-7-2-1-3-8-18/h4-5,9-10,12-15,18H,1-3,6-8,11,16-17H2,(H,27,32)(H,28,31). The SMILES string of the molecule is O=C(Cn1c(CCCNC(=O)C2CCCCC2)nc2ccccc21)Nc1ccc(Cl)cc1. The molecule has 2 N–H and O–H groups in total. The minimum absolute atomic E-state index is 0.123. The second-order valence-electron chi connectivity index (χ2n) is 8.39. The van der Waals surface area contributed by atoms with Gasteiger partial charge in [-0.05, 0) is 55.7 Å². The van der Waals surface area contributed by atoms with Crippen LogP contribution in [0.3, 0.4) is 0 Å². The number of para-hydroxylation sites is 2. The molecule has 32 heavy (non-hydrogen) atoms. The van der Waals surface area contributed by atoms with E-state index in [9.17, 15) is 9.59 Å². The molecule has 0 spiro atoms. The molecule has 1 heterocycles. The molecule has 1 saturated carbocycles. The van der Waals surface area contributed by atoms with E-state index in [1.807, 2.05) is 28.8 Å². The second-order valence-corrected chi connectivity index (χ2v) is 8.82. The Labute approximate surface area is 193 Å². The van der Waals surface area contributed by atoms with Gasteiger partial charge in [0.05, 0.1) is 11.0 Å². The molecule has 1 aliphatic carbocycles. The lowest BCUT2D eigenvalue weighted by Gasteiger charge is -2.20. The number of anilines is 1. The average Bonchev–Trinajstić information content (AvgIpc) is 3.16. The van der Waals surface area contributed by atoms with Crippen molar-refractivity contribution in [2.24, 2.45) is 5.92 Å². The van der Waals surface area contributed by atoms with Gasteiger partial charge in [0.1, 0.15) is 12.4 Å². The number of carbonyl (C=O) groups is 2. The monoisotopic (exact) mass is 452 g/mol. The summed E-state index contributed by atoms with van der Waals surface area (Å²) in [6, 6.07) is 14.9. The zero-order chi connectivity index (χ0) is 22.3. The molecule has 4 rings (SSSR count). The van der Waals surface area contributed by atoms with E-state index in [2.05, 4.69) is 10.6 Å². The number of rotatable bonds is 8. The highest BCUT2D eigenvalue weighted by Crippen LogP contribution is 2.23. The van der Waals surface area contributed by atoms with Crippen molar-refractivity contribution in [2.75, 3.05) is 11.9 Å². The summed E-state index contributed by atoms with van der Waals surface area (Å²) in [5.74, 6) is 1.08. The van der Waals surface area contributed by atoms with Gasteiger partial charge in [-0.15, -0.1) is 0 Å². The summed E-state index contributed by atoms with van der Waals surface area (Å²) in [6.45, 7) is 0.794. The van der Waals surface area contributed by atoms with Crippen LogP contribution in [0.4, 0.5) is 5.69 Å². The molecule has 3 aromatic rings. The van der Waals surface area contributed by atoms with Crippen molar-refractivity contribution in [3.8, 4) is 0 Å². The number of nitrogens with one attached hydrogen (secondary N) is 2. The molecule has 1 aliphatic rings. The fourth-order valence-corrected chi connectivity index (χ4v) is 4.46. The lowest BCUT2D eigenvalue weighted by atomic mass is 9.89. The van der Waals surface area contributed by atoms with Gasteiger partial charge in [-0.1, -0.05) is 43.0 Å². The Hall–Kier alpha value is -2.86. The smallest absolute Gasteiger partial charge is 0.244 e. The Morgan fingerprint density at radius 2 is 1.78 bits per heavy atom. The number of fused-ring (bicyclic) bond motifs is 1. The number of aromatic nitrogens is 2. The second kappa shape index (κ2) is 10.6. The first-order chi connectivity index (χ1) is 15.6. The molecule has 0 atom stereocenters. The minimum atomic E-state index is -0.123. The number of carbonyl (C=O) groups excluding carboxylic acids is 2. The number of halogens is 1. The Morgan fingerprint density at radius 3 is 2.56 bits per heavy atom. The lowest BCUT2D eigenvalue weighted by molar-refractivity contribution is -0.125. The molecule has 0 bridgehead atoms. The molecule has 0 radical (unpaired) electrons. The zero-order valence-electron chi connectivity index (χ0n) is 18.1. The fourth-order valence-electron chi connectivity index (χ4n) is 4.34. The molecule has 2 amide bonds. The van der Waals surface area contributed by atoms with Crippen LogP contribution in [0.2, 0.25) is 5.02 Å². The van der Waals surface area contributed by atoms with Crippen LogP contribution in [-0.2, 0) is 22.6 Å². The highest BCUT2D eigenvalue weighted by molar-refractivity contribution is 6.30. The highest BCUT2D eigenvalue weighted by atomic mass is 35.5. The third kappa shape index (κ3) is 5.68. The lowest BCUT2D eigenvalue weighted by Crippen LogP contribution is -2.32. The first-order valence-corrected chi connectivity index (χ1v) is 11.8. The number of hydrogen-bond donors (Lipinski definition) is 2. The van der Waals surface area contributed by atoms with Crippen molar-refractivity contribution >= 4 is 40.1 Å². The quantitative estimate of drug-likeness (QED) is 0.474. The van der Waals surface area contributed by atoms with Gasteiger partial charge in [-0.3, -0.25) is 9.59 Å². The molecule has 0 saturated heterocycles. The molecular formula is C25H29ClN4O2. The molecular weight excluding hydrogens is 424 g/mol. The van der Waals surface area contributed by atoms with Gasteiger partial charge in [-0.2, -0.15) is 0 Å². The molecule has 0 unspecified atom stereocenters. The van der Waals surface area contributed by atoms with E-state index >= 15 is 0 Å². The molecule has 2 aromatic carbocycles. The number of aryl methyl sites for hydroxylation is 1. The van der Waals surface area contributed by atoms with Gasteiger partial charge < -0.3 is 15.2 Å². The number of amides is 2. The molecule has 1 aromatic heterocycles. The van der Waals surface area contributed by atoms with Crippen LogP contribution in [0, 0.1) is 5.92 Å². The fraction of sp³-hybridized carbons (Fsp3) is 0.400. The third-order valence-electron chi connectivity index (χ3n) is 6.02. The summed E-state index contributed by atoms with van der Waals surface area (Å²) in [6.07, 6.45) is 7.02. The molecule has 0 aliphatic heterocycles. The summed E-state index contributed by atoms with van der Waals surface area (Å²) in [4.78, 5) is 29.8. The normalized spacial score (nSPS) is 14.4. The Morgan fingerprint density at radius 1 is 1.03 bits per heavy atom. The van der Waals surface area contributed by atoms with Gasteiger partial charge in [0, 0.05) is 29.6 Å². The van der Waals surface area contributed by atoms with Crippen LogP contribution < -0.4 is 10.6 Å². The summed E-state index contributed by atoms with van der Waals surface area (Å²) in [7, 11) is 0. The van der Waals surface area contributed by atoms with Crippen molar-refractivity contribution < 1.29 is 9.59 Å². The molecule has 6 nitrogen and oxygen atoms in total. The van der Waals surface area contributed by atoms with E-state index in [1.54, 1.807) is 24.3 Å². The van der Waals surface area contributed by atoms with E-state index in [0.717, 1.165) is 49.0 Å². The Balaban J connectivity index is 1.38. The highest BCUT2D eigenvalue weighted by Gasteiger charge is 2.20. The zero-order valence-corrected chi connectivity index (χ0v) is 18.9. The van der Waals surface area contributed by atoms with Gasteiger partial charge in [-0.25, -0.2) is 4.98 Å². The predicted molar refractivity (Wildman–Crippen MR) is 128 cm³/mol. The van der Waals surface area contributed by atoms with Crippen LogP contribution in [0.5, 0.6) is 0 Å². The third-order valence-corrected chi connectivity index (χ3v) is 6.27. The van der Waals surface area contributed by atoms with Crippen molar-refractivity contribution in [1.82, 2.24) is 14.9 Å². The van der Waals surface area contributed by atoms with Crippen LogP contribution in [0.15, 0.2) is 48.5 Å². The molecule has 1 fully saturated rings. The van der Waals surface area contributed by atoms with Crippen LogP contribution in [-0.4, -0.2) is 27.9 Å². The topological polar surface area (TPSA) is 76.0 Å². The summed E-state index contributed by atoms with van der Waals surface area (Å²) < 4.78 is 1.96. The van der Waals surface area contributed by atoms with Gasteiger partial charge >= 0.3 is 0 Å². The Bertz CT molecular complexity index is 1070.